The van der Waals surface area contributed by atoms with Crippen molar-refractivity contribution in [3.8, 4) is 0 Å². The zero-order valence-electron chi connectivity index (χ0n) is 16.3. The number of likely N-dealkylation sites (N-methyl/N-ethyl adjacent to an activating group) is 1. The molecule has 5 rings (SSSR count). The smallest absolute Gasteiger partial charge is 0.416 e. The molecule has 0 radical (unpaired) electrons. The second-order valence-electron chi connectivity index (χ2n) is 7.41. The van der Waals surface area contributed by atoms with Crippen molar-refractivity contribution >= 4 is 49.5 Å². The summed E-state index contributed by atoms with van der Waals surface area (Å²) in [6.45, 7) is 3.35. The maximum atomic E-state index is 14.6. The normalized spacial score (nSPS) is 15.8. The van der Waals surface area contributed by atoms with Gasteiger partial charge in [0.2, 0.25) is 0 Å². The highest BCUT2D eigenvalue weighted by Gasteiger charge is 2.30. The molecule has 0 saturated carbocycles. The molecule has 0 aliphatic carbocycles. The van der Waals surface area contributed by atoms with E-state index in [0.717, 1.165) is 55.3 Å². The Kier molecular flexibility index (Phi) is 4.74. The van der Waals surface area contributed by atoms with Crippen molar-refractivity contribution in [3.05, 3.63) is 41.7 Å². The van der Waals surface area contributed by atoms with Crippen LogP contribution in [0.15, 0.2) is 34.7 Å². The summed E-state index contributed by atoms with van der Waals surface area (Å²) in [6, 6.07) is 6.57. The summed E-state index contributed by atoms with van der Waals surface area (Å²) in [7, 11) is 2.04. The molecule has 6 nitrogen and oxygen atoms in total. The van der Waals surface area contributed by atoms with Gasteiger partial charge in [-0.2, -0.15) is 18.2 Å². The lowest BCUT2D eigenvalue weighted by molar-refractivity contribution is -0.137. The molecule has 0 amide bonds. The van der Waals surface area contributed by atoms with Crippen molar-refractivity contribution in [2.24, 2.45) is 0 Å². The number of aromatic nitrogens is 2. The Bertz CT molecular complexity index is 1260. The number of oxazole rings is 1. The lowest BCUT2D eigenvalue weighted by Crippen LogP contribution is -2.44. The van der Waals surface area contributed by atoms with Crippen LogP contribution in [0.25, 0.3) is 21.3 Å². The molecule has 4 aromatic rings. The summed E-state index contributed by atoms with van der Waals surface area (Å²) in [4.78, 5) is 12.9. The fraction of sp³-hybridized carbons (Fsp3) is 0.300. The monoisotopic (exact) mass is 451 g/mol. The summed E-state index contributed by atoms with van der Waals surface area (Å²) in [5.74, 6) is -0.522. The molecular formula is C20H17F4N5OS. The van der Waals surface area contributed by atoms with Gasteiger partial charge in [0.25, 0.3) is 0 Å². The molecule has 11 heteroatoms. The number of anilines is 3. The molecular weight excluding hydrogens is 434 g/mol. The second-order valence-corrected chi connectivity index (χ2v) is 8.44. The van der Waals surface area contributed by atoms with Crippen LogP contribution in [0, 0.1) is 5.82 Å². The first-order valence-electron chi connectivity index (χ1n) is 9.55. The molecule has 1 saturated heterocycles. The first-order chi connectivity index (χ1) is 14.8. The van der Waals surface area contributed by atoms with E-state index in [9.17, 15) is 17.6 Å². The molecule has 1 N–H and O–H groups in total. The van der Waals surface area contributed by atoms with E-state index in [4.69, 9.17) is 4.42 Å². The van der Waals surface area contributed by atoms with Crippen LogP contribution in [-0.4, -0.2) is 48.1 Å². The van der Waals surface area contributed by atoms with Crippen LogP contribution in [0.4, 0.5) is 34.4 Å². The molecule has 31 heavy (non-hydrogen) atoms. The number of nitrogens with zero attached hydrogens (tertiary/aromatic N) is 4. The number of benzene rings is 2. The quantitative estimate of drug-likeness (QED) is 0.438. The third kappa shape index (κ3) is 3.90. The third-order valence-corrected chi connectivity index (χ3v) is 6.16. The molecule has 1 aliphatic heterocycles. The highest BCUT2D eigenvalue weighted by Crippen LogP contribution is 2.36. The van der Waals surface area contributed by atoms with E-state index in [0.29, 0.717) is 20.9 Å². The summed E-state index contributed by atoms with van der Waals surface area (Å²) in [5.41, 5.74) is 0.783. The maximum absolute atomic E-state index is 14.6. The molecule has 0 atom stereocenters. The fourth-order valence-corrected chi connectivity index (χ4v) is 4.42. The summed E-state index contributed by atoms with van der Waals surface area (Å²) in [6.07, 6.45) is -4.43. The van der Waals surface area contributed by atoms with E-state index in [1.165, 1.54) is 12.1 Å². The third-order valence-electron chi connectivity index (χ3n) is 5.23. The number of halogens is 4. The first kappa shape index (κ1) is 20.0. The first-order valence-corrected chi connectivity index (χ1v) is 10.4. The molecule has 1 fully saturated rings. The Balaban J connectivity index is 1.42. The van der Waals surface area contributed by atoms with E-state index in [1.807, 2.05) is 7.05 Å². The Labute approximate surface area is 178 Å². The summed E-state index contributed by atoms with van der Waals surface area (Å²) >= 11 is 1.03. The largest absolute Gasteiger partial charge is 0.420 e. The van der Waals surface area contributed by atoms with Crippen molar-refractivity contribution in [1.82, 2.24) is 14.9 Å². The minimum atomic E-state index is -4.43. The van der Waals surface area contributed by atoms with Crippen LogP contribution in [0.5, 0.6) is 0 Å². The van der Waals surface area contributed by atoms with Gasteiger partial charge >= 0.3 is 12.2 Å². The molecule has 0 unspecified atom stereocenters. The van der Waals surface area contributed by atoms with Gasteiger partial charge in [0.1, 0.15) is 5.52 Å². The molecule has 1 aliphatic rings. The topological polar surface area (TPSA) is 57.4 Å². The molecule has 162 valence electrons. The number of piperazine rings is 1. The van der Waals surface area contributed by atoms with Crippen LogP contribution in [0.2, 0.25) is 0 Å². The van der Waals surface area contributed by atoms with Gasteiger partial charge in [0.15, 0.2) is 16.5 Å². The van der Waals surface area contributed by atoms with Crippen molar-refractivity contribution in [2.45, 2.75) is 6.18 Å². The Morgan fingerprint density at radius 3 is 2.55 bits per heavy atom. The average Bonchev–Trinajstić information content (AvgIpc) is 3.30. The minimum absolute atomic E-state index is 0.0147. The van der Waals surface area contributed by atoms with E-state index in [1.54, 1.807) is 6.07 Å². The van der Waals surface area contributed by atoms with Gasteiger partial charge < -0.3 is 14.2 Å². The highest BCUT2D eigenvalue weighted by molar-refractivity contribution is 7.22. The van der Waals surface area contributed by atoms with Crippen LogP contribution in [0.3, 0.4) is 0 Å². The van der Waals surface area contributed by atoms with Crippen molar-refractivity contribution in [2.75, 3.05) is 43.4 Å². The van der Waals surface area contributed by atoms with Gasteiger partial charge in [0, 0.05) is 37.9 Å². The Morgan fingerprint density at radius 1 is 1.03 bits per heavy atom. The van der Waals surface area contributed by atoms with E-state index in [-0.39, 0.29) is 11.6 Å². The summed E-state index contributed by atoms with van der Waals surface area (Å²) in [5, 5.41) is 3.14. The zero-order chi connectivity index (χ0) is 21.8. The Morgan fingerprint density at radius 2 is 1.81 bits per heavy atom. The fourth-order valence-electron chi connectivity index (χ4n) is 3.52. The zero-order valence-corrected chi connectivity index (χ0v) is 17.1. The molecule has 0 bridgehead atoms. The Hall–Kier alpha value is -2.92. The van der Waals surface area contributed by atoms with Gasteiger partial charge in [-0.3, -0.25) is 5.32 Å². The van der Waals surface area contributed by atoms with Crippen LogP contribution in [0.1, 0.15) is 5.56 Å². The number of thiazole rings is 1. The highest BCUT2D eigenvalue weighted by atomic mass is 32.1. The van der Waals surface area contributed by atoms with Crippen molar-refractivity contribution in [3.63, 3.8) is 0 Å². The molecule has 2 aromatic carbocycles. The minimum Gasteiger partial charge on any atom is -0.420 e. The van der Waals surface area contributed by atoms with Crippen molar-refractivity contribution in [1.29, 1.82) is 0 Å². The van der Waals surface area contributed by atoms with Crippen LogP contribution in [-0.2, 0) is 6.18 Å². The van der Waals surface area contributed by atoms with Crippen LogP contribution < -0.4 is 10.2 Å². The molecule has 2 aromatic heterocycles. The molecule has 3 heterocycles. The number of rotatable bonds is 3. The van der Waals surface area contributed by atoms with Gasteiger partial charge in [-0.05, 0) is 31.3 Å². The lowest BCUT2D eigenvalue weighted by atomic mass is 10.2. The van der Waals surface area contributed by atoms with Crippen LogP contribution >= 0.6 is 11.3 Å². The van der Waals surface area contributed by atoms with Gasteiger partial charge in [0.05, 0.1) is 15.8 Å². The number of hydrogen-bond donors (Lipinski definition) is 1. The predicted molar refractivity (Wildman–Crippen MR) is 112 cm³/mol. The molecule has 0 spiro atoms. The van der Waals surface area contributed by atoms with E-state index < -0.39 is 17.6 Å². The van der Waals surface area contributed by atoms with Crippen molar-refractivity contribution < 1.29 is 22.0 Å². The van der Waals surface area contributed by atoms with E-state index in [2.05, 4.69) is 25.1 Å². The van der Waals surface area contributed by atoms with E-state index >= 15 is 0 Å². The van der Waals surface area contributed by atoms with Gasteiger partial charge in [-0.15, -0.1) is 0 Å². The standard InChI is InChI=1S/C20H17F4N5OS/c1-28-4-6-29(7-5-28)12-9-13(21)17-15(10-12)25-18(30-17)27-19-26-14-3-2-11(20(22,23)24)8-16(14)31-19/h2-3,8-10H,4-7H2,1H3,(H,25,26,27). The number of hydrogen-bond acceptors (Lipinski definition) is 7. The predicted octanol–water partition coefficient (Wildman–Crippen LogP) is 5.09. The lowest BCUT2D eigenvalue weighted by Gasteiger charge is -2.34. The number of alkyl halides is 3. The SMILES string of the molecule is CN1CCN(c2cc(F)c3oc(Nc4nc5ccc(C(F)(F)F)cc5s4)nc3c2)CC1. The maximum Gasteiger partial charge on any atom is 0.416 e. The second kappa shape index (κ2) is 7.34. The van der Waals surface area contributed by atoms with Gasteiger partial charge in [-0.1, -0.05) is 11.3 Å². The number of nitrogens with one attached hydrogen (secondary N) is 1. The van der Waals surface area contributed by atoms with Gasteiger partial charge in [-0.25, -0.2) is 9.37 Å². The average molecular weight is 451 g/mol. The summed E-state index contributed by atoms with van der Waals surface area (Å²) < 4.78 is 59.2. The number of fused-ring (bicyclic) bond motifs is 2.